The number of β-amino-alcohol motifs (C(OH)–C–C–N with tert-alkyl or cyclic N) is 1. The molecule has 4 nitrogen and oxygen atoms in total. The lowest BCUT2D eigenvalue weighted by molar-refractivity contribution is -0.137. The summed E-state index contributed by atoms with van der Waals surface area (Å²) in [6, 6.07) is 0. The fourth-order valence-electron chi connectivity index (χ4n) is 1.10. The molecule has 66 valence electrons. The summed E-state index contributed by atoms with van der Waals surface area (Å²) in [5.74, 6) is -0.625. The zero-order chi connectivity index (χ0) is 7.61. The predicted molar refractivity (Wildman–Crippen MR) is 43.5 cm³/mol. The fraction of sp³-hybridized carbons (Fsp3) is 0.833. The molecular formula is C6H13ClN2O2. The third-order valence-corrected chi connectivity index (χ3v) is 1.82. The van der Waals surface area contributed by atoms with Gasteiger partial charge in [-0.05, 0) is 19.4 Å². The smallest absolute Gasteiger partial charge is 0.250 e. The molecule has 1 atom stereocenters. The summed E-state index contributed by atoms with van der Waals surface area (Å²) in [4.78, 5) is 10.6. The van der Waals surface area contributed by atoms with Gasteiger partial charge in [0.1, 0.15) is 0 Å². The normalized spacial score (nSPS) is 30.6. The molecule has 0 radical (unpaired) electrons. The highest BCUT2D eigenvalue weighted by Gasteiger charge is 2.34. The van der Waals surface area contributed by atoms with Gasteiger partial charge in [-0.1, -0.05) is 0 Å². The number of nitrogens with one attached hydrogen (secondary N) is 1. The van der Waals surface area contributed by atoms with Crippen LogP contribution >= 0.6 is 12.4 Å². The van der Waals surface area contributed by atoms with Crippen molar-refractivity contribution in [3.8, 4) is 0 Å². The maximum absolute atomic E-state index is 10.6. The molecule has 0 spiro atoms. The van der Waals surface area contributed by atoms with Gasteiger partial charge in [-0.15, -0.1) is 12.4 Å². The van der Waals surface area contributed by atoms with Crippen LogP contribution in [0.5, 0.6) is 0 Å². The van der Waals surface area contributed by atoms with E-state index < -0.39 is 11.5 Å². The molecule has 0 aromatic carbocycles. The Labute approximate surface area is 71.6 Å². The first-order valence-corrected chi connectivity index (χ1v) is 3.38. The van der Waals surface area contributed by atoms with E-state index in [1.54, 1.807) is 0 Å². The second-order valence-corrected chi connectivity index (χ2v) is 2.68. The van der Waals surface area contributed by atoms with E-state index in [0.717, 1.165) is 13.0 Å². The second kappa shape index (κ2) is 3.90. The molecule has 0 aromatic rings. The number of carbonyl (C=O) groups excluding carboxylic acids is 1. The molecule has 5 heteroatoms. The lowest BCUT2D eigenvalue weighted by Gasteiger charge is -2.29. The summed E-state index contributed by atoms with van der Waals surface area (Å²) in [6.45, 7) is 1.15. The van der Waals surface area contributed by atoms with E-state index in [1.165, 1.54) is 0 Å². The molecule has 1 heterocycles. The number of primary amides is 1. The fourth-order valence-corrected chi connectivity index (χ4v) is 1.10. The summed E-state index contributed by atoms with van der Waals surface area (Å²) in [5.41, 5.74) is 3.68. The largest absolute Gasteiger partial charge is 0.379 e. The third-order valence-electron chi connectivity index (χ3n) is 1.82. The first kappa shape index (κ1) is 10.7. The summed E-state index contributed by atoms with van der Waals surface area (Å²) < 4.78 is 0. The Balaban J connectivity index is 0.000001000. The summed E-state index contributed by atoms with van der Waals surface area (Å²) in [5, 5.41) is 12.3. The van der Waals surface area contributed by atoms with Crippen LogP contribution < -0.4 is 11.1 Å². The van der Waals surface area contributed by atoms with Crippen LogP contribution in [-0.4, -0.2) is 29.7 Å². The Bertz CT molecular complexity index is 146. The number of aliphatic hydroxyl groups is 1. The minimum Gasteiger partial charge on any atom is -0.379 e. The monoisotopic (exact) mass is 180 g/mol. The molecule has 1 aliphatic rings. The van der Waals surface area contributed by atoms with E-state index in [0.29, 0.717) is 13.0 Å². The number of carbonyl (C=O) groups is 1. The number of halogens is 1. The first-order chi connectivity index (χ1) is 4.65. The van der Waals surface area contributed by atoms with Gasteiger partial charge in [0.25, 0.3) is 5.91 Å². The van der Waals surface area contributed by atoms with Crippen LogP contribution in [0.1, 0.15) is 12.8 Å². The first-order valence-electron chi connectivity index (χ1n) is 3.38. The van der Waals surface area contributed by atoms with Crippen LogP contribution in [-0.2, 0) is 4.79 Å². The molecule has 0 saturated carbocycles. The molecule has 1 amide bonds. The average Bonchev–Trinajstić information content (AvgIpc) is 1.89. The van der Waals surface area contributed by atoms with Crippen molar-refractivity contribution in [1.82, 2.24) is 5.32 Å². The van der Waals surface area contributed by atoms with Crippen molar-refractivity contribution >= 4 is 18.3 Å². The standard InChI is InChI=1S/C6H12N2O2.ClH/c7-5(9)6(10)2-1-3-8-4-6;/h8,10H,1-4H2,(H2,7,9);1H. The second-order valence-electron chi connectivity index (χ2n) is 2.68. The Morgan fingerprint density at radius 1 is 1.64 bits per heavy atom. The molecular weight excluding hydrogens is 168 g/mol. The minimum atomic E-state index is -1.29. The average molecular weight is 181 g/mol. The number of amides is 1. The van der Waals surface area contributed by atoms with Gasteiger partial charge in [-0.25, -0.2) is 0 Å². The molecule has 11 heavy (non-hydrogen) atoms. The quantitative estimate of drug-likeness (QED) is 0.485. The highest BCUT2D eigenvalue weighted by Crippen LogP contribution is 2.14. The van der Waals surface area contributed by atoms with E-state index in [1.807, 2.05) is 0 Å². The molecule has 1 fully saturated rings. The Morgan fingerprint density at radius 3 is 2.55 bits per heavy atom. The van der Waals surface area contributed by atoms with Gasteiger partial charge in [0.15, 0.2) is 5.60 Å². The van der Waals surface area contributed by atoms with Crippen molar-refractivity contribution in [2.75, 3.05) is 13.1 Å². The summed E-state index contributed by atoms with van der Waals surface area (Å²) in [6.07, 6.45) is 1.29. The van der Waals surface area contributed by atoms with Crippen LogP contribution in [0.15, 0.2) is 0 Å². The van der Waals surface area contributed by atoms with Crippen LogP contribution in [0, 0.1) is 0 Å². The number of rotatable bonds is 1. The molecule has 0 aromatic heterocycles. The minimum absolute atomic E-state index is 0. The van der Waals surface area contributed by atoms with Gasteiger partial charge in [0.05, 0.1) is 0 Å². The SMILES string of the molecule is Cl.NC(=O)C1(O)CCCNC1. The van der Waals surface area contributed by atoms with E-state index in [2.05, 4.69) is 5.32 Å². The molecule has 0 bridgehead atoms. The van der Waals surface area contributed by atoms with Gasteiger partial charge in [0, 0.05) is 6.54 Å². The van der Waals surface area contributed by atoms with E-state index in [-0.39, 0.29) is 12.4 Å². The Morgan fingerprint density at radius 2 is 2.27 bits per heavy atom. The number of hydrogen-bond donors (Lipinski definition) is 3. The lowest BCUT2D eigenvalue weighted by Crippen LogP contribution is -2.54. The maximum atomic E-state index is 10.6. The Kier molecular flexibility index (Phi) is 3.78. The molecule has 4 N–H and O–H groups in total. The molecule has 1 aliphatic heterocycles. The van der Waals surface area contributed by atoms with Crippen molar-refractivity contribution < 1.29 is 9.90 Å². The zero-order valence-corrected chi connectivity index (χ0v) is 6.99. The van der Waals surface area contributed by atoms with E-state index in [9.17, 15) is 9.90 Å². The van der Waals surface area contributed by atoms with Gasteiger partial charge >= 0.3 is 0 Å². The van der Waals surface area contributed by atoms with Crippen molar-refractivity contribution in [2.45, 2.75) is 18.4 Å². The van der Waals surface area contributed by atoms with Crippen molar-refractivity contribution in [3.63, 3.8) is 0 Å². The molecule has 1 unspecified atom stereocenters. The Hall–Kier alpha value is -0.320. The summed E-state index contributed by atoms with van der Waals surface area (Å²) in [7, 11) is 0. The van der Waals surface area contributed by atoms with E-state index in [4.69, 9.17) is 5.73 Å². The van der Waals surface area contributed by atoms with Crippen LogP contribution in [0.3, 0.4) is 0 Å². The maximum Gasteiger partial charge on any atom is 0.250 e. The number of hydrogen-bond acceptors (Lipinski definition) is 3. The third kappa shape index (κ3) is 2.32. The summed E-state index contributed by atoms with van der Waals surface area (Å²) >= 11 is 0. The van der Waals surface area contributed by atoms with Gasteiger partial charge in [0.2, 0.25) is 0 Å². The predicted octanol–water partition coefficient (Wildman–Crippen LogP) is -0.992. The van der Waals surface area contributed by atoms with Gasteiger partial charge < -0.3 is 16.2 Å². The highest BCUT2D eigenvalue weighted by atomic mass is 35.5. The van der Waals surface area contributed by atoms with Crippen molar-refractivity contribution in [2.24, 2.45) is 5.73 Å². The molecule has 1 rings (SSSR count). The van der Waals surface area contributed by atoms with Crippen molar-refractivity contribution in [3.05, 3.63) is 0 Å². The van der Waals surface area contributed by atoms with Gasteiger partial charge in [-0.3, -0.25) is 4.79 Å². The number of nitrogens with two attached hydrogens (primary N) is 1. The topological polar surface area (TPSA) is 75.4 Å². The number of piperidine rings is 1. The van der Waals surface area contributed by atoms with E-state index >= 15 is 0 Å². The highest BCUT2D eigenvalue weighted by molar-refractivity contribution is 5.85. The van der Waals surface area contributed by atoms with Gasteiger partial charge in [-0.2, -0.15) is 0 Å². The van der Waals surface area contributed by atoms with Crippen LogP contribution in [0.4, 0.5) is 0 Å². The van der Waals surface area contributed by atoms with Crippen LogP contribution in [0.25, 0.3) is 0 Å². The van der Waals surface area contributed by atoms with Crippen LogP contribution in [0.2, 0.25) is 0 Å². The molecule has 1 saturated heterocycles. The van der Waals surface area contributed by atoms with Crippen molar-refractivity contribution in [1.29, 1.82) is 0 Å². The molecule has 0 aliphatic carbocycles. The lowest BCUT2D eigenvalue weighted by atomic mass is 9.94. The zero-order valence-electron chi connectivity index (χ0n) is 6.17.